The molecule has 4 N–H and O–H groups in total. The zero-order valence-electron chi connectivity index (χ0n) is 11.4. The fourth-order valence-electron chi connectivity index (χ4n) is 1.95. The number of aromatic amines is 1. The number of aryl methyl sites for hydroxylation is 2. The van der Waals surface area contributed by atoms with Crippen molar-refractivity contribution in [3.05, 3.63) is 29.2 Å². The molecule has 0 radical (unpaired) electrons. The maximum absolute atomic E-state index is 12.2. The Kier molecular flexibility index (Phi) is 4.21. The van der Waals surface area contributed by atoms with Crippen LogP contribution in [0.2, 0.25) is 0 Å². The minimum atomic E-state index is -3.66. The molecule has 2 aromatic rings. The van der Waals surface area contributed by atoms with Crippen LogP contribution in [0.25, 0.3) is 0 Å². The highest BCUT2D eigenvalue weighted by Crippen LogP contribution is 2.13. The lowest BCUT2D eigenvalue weighted by atomic mass is 10.2. The summed E-state index contributed by atoms with van der Waals surface area (Å²) in [6.45, 7) is 2.27. The number of hydrogen-bond donors (Lipinski definition) is 3. The molecular weight excluding hydrogens is 280 g/mol. The summed E-state index contributed by atoms with van der Waals surface area (Å²) in [5, 5.41) is 10.5. The van der Waals surface area contributed by atoms with Gasteiger partial charge < -0.3 is 5.73 Å². The number of sulfonamides is 1. The second kappa shape index (κ2) is 5.73. The number of rotatable bonds is 6. The molecule has 9 heteroatoms. The summed E-state index contributed by atoms with van der Waals surface area (Å²) in [6.07, 6.45) is 3.96. The molecule has 0 aromatic carbocycles. The predicted octanol–water partition coefficient (Wildman–Crippen LogP) is -0.357. The standard InChI is InChI=1S/C11H18N6O2S/c1-3-10-9(7-17(2)16-10)6-14-20(18,19)11-8(4-12)5-13-15-11/h5,7,14H,3-4,6,12H2,1-2H3,(H,13,15). The molecule has 0 aliphatic carbocycles. The van der Waals surface area contributed by atoms with E-state index in [-0.39, 0.29) is 18.1 Å². The average Bonchev–Trinajstić information content (AvgIpc) is 3.02. The number of hydrogen-bond acceptors (Lipinski definition) is 5. The smallest absolute Gasteiger partial charge is 0.258 e. The molecule has 2 rings (SSSR count). The molecule has 0 fully saturated rings. The lowest BCUT2D eigenvalue weighted by molar-refractivity contribution is 0.575. The molecular formula is C11H18N6O2S. The molecule has 0 bridgehead atoms. The summed E-state index contributed by atoms with van der Waals surface area (Å²) in [6, 6.07) is 0. The molecule has 0 saturated carbocycles. The van der Waals surface area contributed by atoms with E-state index in [0.717, 1.165) is 17.7 Å². The van der Waals surface area contributed by atoms with Gasteiger partial charge >= 0.3 is 0 Å². The van der Waals surface area contributed by atoms with Gasteiger partial charge in [-0.2, -0.15) is 10.2 Å². The molecule has 110 valence electrons. The van der Waals surface area contributed by atoms with Crippen LogP contribution in [0.3, 0.4) is 0 Å². The van der Waals surface area contributed by atoms with Crippen molar-refractivity contribution in [1.82, 2.24) is 24.7 Å². The highest BCUT2D eigenvalue weighted by molar-refractivity contribution is 7.89. The Balaban J connectivity index is 2.17. The number of nitrogens with two attached hydrogens (primary N) is 1. The third-order valence-corrected chi connectivity index (χ3v) is 4.36. The molecule has 0 aliphatic heterocycles. The van der Waals surface area contributed by atoms with Crippen LogP contribution in [-0.4, -0.2) is 28.4 Å². The minimum Gasteiger partial charge on any atom is -0.326 e. The molecule has 2 aromatic heterocycles. The normalized spacial score (nSPS) is 11.9. The summed E-state index contributed by atoms with van der Waals surface area (Å²) < 4.78 is 28.6. The average molecular weight is 298 g/mol. The fourth-order valence-corrected chi connectivity index (χ4v) is 3.10. The van der Waals surface area contributed by atoms with E-state index in [1.165, 1.54) is 6.20 Å². The SMILES string of the molecule is CCc1nn(C)cc1CNS(=O)(=O)c1[nH]ncc1CN. The first kappa shape index (κ1) is 14.7. The van der Waals surface area contributed by atoms with Crippen LogP contribution < -0.4 is 10.5 Å². The topological polar surface area (TPSA) is 119 Å². The molecule has 20 heavy (non-hydrogen) atoms. The van der Waals surface area contributed by atoms with Crippen LogP contribution in [0.15, 0.2) is 17.4 Å². The van der Waals surface area contributed by atoms with Crippen molar-refractivity contribution in [2.45, 2.75) is 31.5 Å². The second-order valence-electron chi connectivity index (χ2n) is 4.38. The van der Waals surface area contributed by atoms with Gasteiger partial charge in [-0.25, -0.2) is 13.1 Å². The number of nitrogens with one attached hydrogen (secondary N) is 2. The van der Waals surface area contributed by atoms with Crippen LogP contribution in [0.4, 0.5) is 0 Å². The minimum absolute atomic E-state index is 0.0157. The van der Waals surface area contributed by atoms with Crippen LogP contribution in [-0.2, 0) is 36.6 Å². The van der Waals surface area contributed by atoms with Crippen molar-refractivity contribution in [1.29, 1.82) is 0 Å². The third kappa shape index (κ3) is 2.89. The quantitative estimate of drug-likeness (QED) is 0.673. The number of H-pyrrole nitrogens is 1. The third-order valence-electron chi connectivity index (χ3n) is 2.95. The Morgan fingerprint density at radius 1 is 1.45 bits per heavy atom. The number of nitrogens with zero attached hydrogens (tertiary/aromatic N) is 3. The molecule has 0 amide bonds. The van der Waals surface area contributed by atoms with Gasteiger partial charge in [-0.15, -0.1) is 0 Å². The van der Waals surface area contributed by atoms with Crippen molar-refractivity contribution >= 4 is 10.0 Å². The monoisotopic (exact) mass is 298 g/mol. The van der Waals surface area contributed by atoms with Gasteiger partial charge in [-0.1, -0.05) is 6.92 Å². The molecule has 0 atom stereocenters. The first-order valence-electron chi connectivity index (χ1n) is 6.21. The van der Waals surface area contributed by atoms with Crippen LogP contribution in [0.5, 0.6) is 0 Å². The maximum atomic E-state index is 12.2. The fraction of sp³-hybridized carbons (Fsp3) is 0.455. The molecule has 0 unspecified atom stereocenters. The van der Waals surface area contributed by atoms with Gasteiger partial charge in [0.2, 0.25) is 0 Å². The Morgan fingerprint density at radius 3 is 2.85 bits per heavy atom. The largest absolute Gasteiger partial charge is 0.326 e. The van der Waals surface area contributed by atoms with Gasteiger partial charge in [-0.05, 0) is 6.42 Å². The first-order chi connectivity index (χ1) is 9.47. The van der Waals surface area contributed by atoms with E-state index >= 15 is 0 Å². The van der Waals surface area contributed by atoms with E-state index in [4.69, 9.17) is 5.73 Å². The highest BCUT2D eigenvalue weighted by Gasteiger charge is 2.20. The Hall–Kier alpha value is -1.71. The summed E-state index contributed by atoms with van der Waals surface area (Å²) in [7, 11) is -1.85. The highest BCUT2D eigenvalue weighted by atomic mass is 32.2. The van der Waals surface area contributed by atoms with E-state index in [9.17, 15) is 8.42 Å². The molecule has 0 aliphatic rings. The van der Waals surface area contributed by atoms with E-state index in [1.54, 1.807) is 17.9 Å². The van der Waals surface area contributed by atoms with Gasteiger partial charge in [0, 0.05) is 37.5 Å². The lowest BCUT2D eigenvalue weighted by Crippen LogP contribution is -2.25. The molecule has 8 nitrogen and oxygen atoms in total. The van der Waals surface area contributed by atoms with Crippen molar-refractivity contribution in [2.24, 2.45) is 12.8 Å². The van der Waals surface area contributed by atoms with Gasteiger partial charge in [0.25, 0.3) is 10.0 Å². The zero-order valence-corrected chi connectivity index (χ0v) is 12.2. The molecule has 2 heterocycles. The van der Waals surface area contributed by atoms with Crippen molar-refractivity contribution < 1.29 is 8.42 Å². The van der Waals surface area contributed by atoms with Gasteiger partial charge in [0.1, 0.15) is 0 Å². The lowest BCUT2D eigenvalue weighted by Gasteiger charge is -2.06. The van der Waals surface area contributed by atoms with Gasteiger partial charge in [0.05, 0.1) is 11.9 Å². The van der Waals surface area contributed by atoms with Gasteiger partial charge in [-0.3, -0.25) is 9.78 Å². The Morgan fingerprint density at radius 2 is 2.20 bits per heavy atom. The first-order valence-corrected chi connectivity index (χ1v) is 7.69. The van der Waals surface area contributed by atoms with Gasteiger partial charge in [0.15, 0.2) is 5.03 Å². The zero-order chi connectivity index (χ0) is 14.8. The van der Waals surface area contributed by atoms with E-state index in [0.29, 0.717) is 5.56 Å². The van der Waals surface area contributed by atoms with E-state index in [2.05, 4.69) is 20.0 Å². The van der Waals surface area contributed by atoms with Crippen LogP contribution in [0.1, 0.15) is 23.7 Å². The molecule has 0 spiro atoms. The summed E-state index contributed by atoms with van der Waals surface area (Å²) in [5.74, 6) is 0. The van der Waals surface area contributed by atoms with E-state index in [1.807, 2.05) is 6.92 Å². The Labute approximate surface area is 117 Å². The van der Waals surface area contributed by atoms with Crippen LogP contribution >= 0.6 is 0 Å². The predicted molar refractivity (Wildman–Crippen MR) is 73.1 cm³/mol. The molecule has 0 saturated heterocycles. The Bertz CT molecular complexity index is 688. The van der Waals surface area contributed by atoms with Crippen molar-refractivity contribution in [3.8, 4) is 0 Å². The van der Waals surface area contributed by atoms with Crippen LogP contribution in [0, 0.1) is 0 Å². The summed E-state index contributed by atoms with van der Waals surface area (Å²) in [4.78, 5) is 0. The van der Waals surface area contributed by atoms with Crippen molar-refractivity contribution in [2.75, 3.05) is 0 Å². The van der Waals surface area contributed by atoms with Crippen molar-refractivity contribution in [3.63, 3.8) is 0 Å². The maximum Gasteiger partial charge on any atom is 0.258 e. The second-order valence-corrected chi connectivity index (χ2v) is 6.09. The number of aromatic nitrogens is 4. The summed E-state index contributed by atoms with van der Waals surface area (Å²) in [5.41, 5.74) is 7.67. The van der Waals surface area contributed by atoms with E-state index < -0.39 is 10.0 Å². The summed E-state index contributed by atoms with van der Waals surface area (Å²) >= 11 is 0.